The summed E-state index contributed by atoms with van der Waals surface area (Å²) in [5, 5.41) is 19.5. The highest BCUT2D eigenvalue weighted by molar-refractivity contribution is 6.00. The molecule has 1 heterocycles. The lowest BCUT2D eigenvalue weighted by atomic mass is 9.93. The van der Waals surface area contributed by atoms with E-state index in [-0.39, 0.29) is 5.84 Å². The van der Waals surface area contributed by atoms with Crippen molar-refractivity contribution in [3.05, 3.63) is 35.6 Å². The Bertz CT molecular complexity index is 762. The van der Waals surface area contributed by atoms with Crippen molar-refractivity contribution in [1.82, 2.24) is 0 Å². The molecule has 0 bridgehead atoms. The number of benzene rings is 1. The van der Waals surface area contributed by atoms with Crippen LogP contribution in [0.3, 0.4) is 0 Å². The third kappa shape index (κ3) is 1.22. The number of rotatable bonds is 3. The summed E-state index contributed by atoms with van der Waals surface area (Å²) in [7, 11) is 2.65. The van der Waals surface area contributed by atoms with Gasteiger partial charge in [-0.05, 0) is 17.7 Å². The van der Waals surface area contributed by atoms with Crippen molar-refractivity contribution in [2.45, 2.75) is 11.8 Å². The molecule has 7 heteroatoms. The van der Waals surface area contributed by atoms with E-state index in [9.17, 15) is 14.9 Å². The summed E-state index contributed by atoms with van der Waals surface area (Å²) in [6.07, 6.45) is 0. The predicted molar refractivity (Wildman–Crippen MR) is 73.6 cm³/mol. The molecule has 0 unspecified atom stereocenters. The smallest absolute Gasteiger partial charge is 0.292 e. The van der Waals surface area contributed by atoms with E-state index in [0.717, 1.165) is 0 Å². The largest absolute Gasteiger partial charge is 0.386 e. The van der Waals surface area contributed by atoms with Crippen LogP contribution in [0.1, 0.15) is 11.5 Å². The summed E-state index contributed by atoms with van der Waals surface area (Å²) < 4.78 is 24.2. The van der Waals surface area contributed by atoms with E-state index in [0.29, 0.717) is 5.56 Å². The monoisotopic (exact) mass is 300 g/mol. The maximum atomic E-state index is 13.6. The normalized spacial score (nSPS) is 34.2. The highest BCUT2D eigenvalue weighted by Crippen LogP contribution is 2.81. The number of nitrogens with two attached hydrogens (primary N) is 1. The average Bonchev–Trinajstić information content (AvgIpc) is 3.11. The zero-order valence-corrected chi connectivity index (χ0v) is 12.0. The van der Waals surface area contributed by atoms with E-state index in [1.165, 1.54) is 32.4 Å². The average molecular weight is 300 g/mol. The third-order valence-corrected chi connectivity index (χ3v) is 4.66. The molecule has 0 saturated heterocycles. The molecular weight excluding hydrogens is 287 g/mol. The summed E-state index contributed by atoms with van der Waals surface area (Å²) in [5.74, 6) is -2.85. The molecular formula is C15H13FN4O2. The van der Waals surface area contributed by atoms with Crippen molar-refractivity contribution in [2.75, 3.05) is 14.2 Å². The minimum Gasteiger partial charge on any atom is -0.386 e. The van der Waals surface area contributed by atoms with Gasteiger partial charge in [-0.3, -0.25) is 0 Å². The summed E-state index contributed by atoms with van der Waals surface area (Å²) in [6, 6.07) is 9.93. The number of ether oxygens (including phenoxy) is 2. The molecule has 0 radical (unpaired) electrons. The van der Waals surface area contributed by atoms with Crippen molar-refractivity contribution in [1.29, 1.82) is 10.5 Å². The minimum absolute atomic E-state index is 0.0329. The molecule has 1 aliphatic heterocycles. The van der Waals surface area contributed by atoms with E-state index in [1.54, 1.807) is 6.07 Å². The molecule has 0 spiro atoms. The number of hydrogen-bond donors (Lipinski definition) is 1. The highest BCUT2D eigenvalue weighted by Gasteiger charge is 2.93. The lowest BCUT2D eigenvalue weighted by molar-refractivity contribution is -0.230. The number of methoxy groups -OCH3 is 2. The molecule has 2 aliphatic rings. The van der Waals surface area contributed by atoms with Crippen molar-refractivity contribution in [3.63, 3.8) is 0 Å². The second-order valence-corrected chi connectivity index (χ2v) is 5.31. The van der Waals surface area contributed by atoms with Gasteiger partial charge in [0.15, 0.2) is 5.41 Å². The van der Waals surface area contributed by atoms with Gasteiger partial charge in [0.25, 0.3) is 5.91 Å². The second-order valence-electron chi connectivity index (χ2n) is 5.31. The van der Waals surface area contributed by atoms with Crippen molar-refractivity contribution >= 4 is 5.84 Å². The Labute approximate surface area is 126 Å². The molecule has 1 fully saturated rings. The molecule has 2 N–H and O–H groups in total. The van der Waals surface area contributed by atoms with E-state index < -0.39 is 28.5 Å². The first kappa shape index (κ1) is 14.5. The zero-order valence-electron chi connectivity index (χ0n) is 12.0. The van der Waals surface area contributed by atoms with Crippen molar-refractivity contribution in [2.24, 2.45) is 21.6 Å². The quantitative estimate of drug-likeness (QED) is 0.846. The van der Waals surface area contributed by atoms with Crippen LogP contribution in [0.2, 0.25) is 0 Å². The lowest BCUT2D eigenvalue weighted by Crippen LogP contribution is -2.41. The van der Waals surface area contributed by atoms with Crippen LogP contribution in [0.5, 0.6) is 0 Å². The molecule has 1 aromatic rings. The van der Waals surface area contributed by atoms with Gasteiger partial charge < -0.3 is 15.2 Å². The van der Waals surface area contributed by atoms with Gasteiger partial charge in [0.1, 0.15) is 17.1 Å². The number of nitriles is 2. The van der Waals surface area contributed by atoms with Crippen LogP contribution >= 0.6 is 0 Å². The number of fused-ring (bicyclic) bond motifs is 1. The summed E-state index contributed by atoms with van der Waals surface area (Å²) in [6.45, 7) is 0. The Kier molecular flexibility index (Phi) is 2.80. The van der Waals surface area contributed by atoms with Gasteiger partial charge in [-0.25, -0.2) is 9.38 Å². The SMILES string of the molecule is COC1(OC)N=C(N)[C@]2(C#N)[C@H](c3cccc(F)c3)[C@]12C#N. The highest BCUT2D eigenvalue weighted by atomic mass is 19.1. The van der Waals surface area contributed by atoms with Crippen molar-refractivity contribution in [3.8, 4) is 12.1 Å². The second kappa shape index (κ2) is 4.26. The summed E-state index contributed by atoms with van der Waals surface area (Å²) in [5.41, 5.74) is 3.59. The van der Waals surface area contributed by atoms with Crippen LogP contribution in [0.25, 0.3) is 0 Å². The molecule has 1 saturated carbocycles. The molecule has 112 valence electrons. The Morgan fingerprint density at radius 2 is 1.95 bits per heavy atom. The summed E-state index contributed by atoms with van der Waals surface area (Å²) in [4.78, 5) is 4.08. The Balaban J connectivity index is 2.26. The predicted octanol–water partition coefficient (Wildman–Crippen LogP) is 1.26. The van der Waals surface area contributed by atoms with E-state index in [2.05, 4.69) is 17.1 Å². The molecule has 1 aromatic carbocycles. The van der Waals surface area contributed by atoms with Crippen LogP contribution < -0.4 is 5.73 Å². The van der Waals surface area contributed by atoms with Crippen LogP contribution in [-0.2, 0) is 9.47 Å². The standard InChI is InChI=1S/C15H13FN4O2/c1-21-15(22-2)14(8-18)11(9-4-3-5-10(16)6-9)13(14,7-17)12(19)20-15/h3-6,11H,1-2H3,(H2,19,20)/t11-,13-,14-/m0/s1. The van der Waals surface area contributed by atoms with Crippen LogP contribution in [0, 0.1) is 39.3 Å². The van der Waals surface area contributed by atoms with Gasteiger partial charge >= 0.3 is 0 Å². The maximum absolute atomic E-state index is 13.6. The van der Waals surface area contributed by atoms with Gasteiger partial charge in [-0.2, -0.15) is 10.5 Å². The molecule has 3 atom stereocenters. The molecule has 6 nitrogen and oxygen atoms in total. The van der Waals surface area contributed by atoms with Crippen molar-refractivity contribution < 1.29 is 13.9 Å². The number of nitrogens with zero attached hydrogens (tertiary/aromatic N) is 3. The topological polar surface area (TPSA) is 104 Å². The van der Waals surface area contributed by atoms with Gasteiger partial charge in [0, 0.05) is 20.1 Å². The summed E-state index contributed by atoms with van der Waals surface area (Å²) >= 11 is 0. The number of halogens is 1. The first-order valence-electron chi connectivity index (χ1n) is 6.53. The fourth-order valence-electron chi connectivity index (χ4n) is 3.71. The number of aliphatic imine (C=N–C) groups is 1. The molecule has 0 amide bonds. The maximum Gasteiger partial charge on any atom is 0.292 e. The van der Waals surface area contributed by atoms with E-state index >= 15 is 0 Å². The zero-order chi connectivity index (χ0) is 16.2. The molecule has 0 aromatic heterocycles. The molecule has 3 rings (SSSR count). The Morgan fingerprint density at radius 1 is 1.27 bits per heavy atom. The number of hydrogen-bond acceptors (Lipinski definition) is 6. The van der Waals surface area contributed by atoms with Gasteiger partial charge in [-0.15, -0.1) is 0 Å². The van der Waals surface area contributed by atoms with Crippen LogP contribution in [-0.4, -0.2) is 26.0 Å². The van der Waals surface area contributed by atoms with Crippen LogP contribution in [0.15, 0.2) is 29.3 Å². The Morgan fingerprint density at radius 3 is 2.45 bits per heavy atom. The fraction of sp³-hybridized carbons (Fsp3) is 0.400. The minimum atomic E-state index is -1.68. The van der Waals surface area contributed by atoms with Gasteiger partial charge in [0.2, 0.25) is 0 Å². The molecule has 1 aliphatic carbocycles. The number of amidine groups is 1. The molecule has 22 heavy (non-hydrogen) atoms. The Hall–Kier alpha value is -2.48. The van der Waals surface area contributed by atoms with Gasteiger partial charge in [0.05, 0.1) is 12.1 Å². The third-order valence-electron chi connectivity index (χ3n) is 4.66. The van der Waals surface area contributed by atoms with E-state index in [1.807, 2.05) is 0 Å². The lowest BCUT2D eigenvalue weighted by Gasteiger charge is -2.29. The van der Waals surface area contributed by atoms with E-state index in [4.69, 9.17) is 15.2 Å². The first-order chi connectivity index (χ1) is 10.5. The van der Waals surface area contributed by atoms with Gasteiger partial charge in [-0.1, -0.05) is 12.1 Å². The first-order valence-corrected chi connectivity index (χ1v) is 6.53. The fourth-order valence-corrected chi connectivity index (χ4v) is 3.71. The van der Waals surface area contributed by atoms with Crippen LogP contribution in [0.4, 0.5) is 4.39 Å².